The summed E-state index contributed by atoms with van der Waals surface area (Å²) < 4.78 is 0. The van der Waals surface area contributed by atoms with Crippen LogP contribution < -0.4 is 5.32 Å². The monoisotopic (exact) mass is 297 g/mol. The van der Waals surface area contributed by atoms with Crippen molar-refractivity contribution in [2.75, 3.05) is 26.2 Å². The highest BCUT2D eigenvalue weighted by Crippen LogP contribution is 2.25. The Morgan fingerprint density at radius 2 is 1.60 bits per heavy atom. The molecular formula is C15H27N3OS. The number of carbonyl (C=O) groups excluding carboxylic acids is 1. The first-order chi connectivity index (χ1) is 9.58. The molecule has 5 heteroatoms. The van der Waals surface area contributed by atoms with Gasteiger partial charge in [-0.2, -0.15) is 0 Å². The van der Waals surface area contributed by atoms with E-state index in [2.05, 4.69) is 24.1 Å². The lowest BCUT2D eigenvalue weighted by atomic mass is 9.88. The molecule has 1 amide bonds. The van der Waals surface area contributed by atoms with E-state index in [-0.39, 0.29) is 5.92 Å². The van der Waals surface area contributed by atoms with Gasteiger partial charge in [-0.1, -0.05) is 19.3 Å². The maximum atomic E-state index is 12.5. The molecule has 0 aromatic rings. The van der Waals surface area contributed by atoms with Crippen LogP contribution in [0.2, 0.25) is 0 Å². The Balaban J connectivity index is 1.78. The third-order valence-corrected chi connectivity index (χ3v) is 4.62. The number of nitrogens with zero attached hydrogens (tertiary/aromatic N) is 2. The Kier molecular flexibility index (Phi) is 5.64. The number of amides is 1. The summed E-state index contributed by atoms with van der Waals surface area (Å²) in [6, 6.07) is 0.365. The number of carbonyl (C=O) groups is 1. The minimum absolute atomic E-state index is 0.288. The minimum Gasteiger partial charge on any atom is -0.360 e. The van der Waals surface area contributed by atoms with Crippen LogP contribution in [0.15, 0.2) is 0 Å². The number of piperazine rings is 1. The summed E-state index contributed by atoms with van der Waals surface area (Å²) in [5, 5.41) is 4.10. The predicted molar refractivity (Wildman–Crippen MR) is 85.6 cm³/mol. The number of thiocarbonyl (C=S) groups is 1. The first kappa shape index (κ1) is 15.5. The van der Waals surface area contributed by atoms with Gasteiger partial charge < -0.3 is 15.1 Å². The molecule has 20 heavy (non-hydrogen) atoms. The van der Waals surface area contributed by atoms with Gasteiger partial charge in [0.05, 0.1) is 0 Å². The molecule has 0 atom stereocenters. The lowest BCUT2D eigenvalue weighted by Gasteiger charge is -2.38. The molecule has 1 aliphatic carbocycles. The summed E-state index contributed by atoms with van der Waals surface area (Å²) in [6.07, 6.45) is 5.92. The smallest absolute Gasteiger partial charge is 0.225 e. The van der Waals surface area contributed by atoms with Crippen molar-refractivity contribution in [2.24, 2.45) is 5.92 Å². The Bertz CT molecular complexity index is 345. The zero-order chi connectivity index (χ0) is 14.5. The standard InChI is InChI=1S/C15H27N3OS/c1-12(2)16-15(20)18-10-8-17(9-11-18)14(19)13-6-4-3-5-7-13/h12-13H,3-11H2,1-2H3,(H,16,20). The predicted octanol–water partition coefficient (Wildman–Crippen LogP) is 1.99. The van der Waals surface area contributed by atoms with E-state index in [0.29, 0.717) is 11.9 Å². The van der Waals surface area contributed by atoms with Crippen molar-refractivity contribution >= 4 is 23.2 Å². The lowest BCUT2D eigenvalue weighted by molar-refractivity contribution is -0.137. The molecule has 2 fully saturated rings. The van der Waals surface area contributed by atoms with Gasteiger partial charge in [0, 0.05) is 38.1 Å². The molecule has 0 bridgehead atoms. The first-order valence-corrected chi connectivity index (χ1v) is 8.33. The van der Waals surface area contributed by atoms with Crippen molar-refractivity contribution < 1.29 is 4.79 Å². The lowest BCUT2D eigenvalue weighted by Crippen LogP contribution is -2.54. The number of rotatable bonds is 2. The molecule has 1 saturated heterocycles. The maximum absolute atomic E-state index is 12.5. The number of nitrogens with one attached hydrogen (secondary N) is 1. The highest BCUT2D eigenvalue weighted by molar-refractivity contribution is 7.80. The molecule has 1 N–H and O–H groups in total. The van der Waals surface area contributed by atoms with Crippen molar-refractivity contribution in [3.8, 4) is 0 Å². The summed E-state index contributed by atoms with van der Waals surface area (Å²) in [6.45, 7) is 7.53. The molecule has 2 aliphatic rings. The van der Waals surface area contributed by atoms with Gasteiger partial charge in [-0.05, 0) is 38.9 Å². The Hall–Kier alpha value is -0.840. The SMILES string of the molecule is CC(C)NC(=S)N1CCN(C(=O)C2CCCCC2)CC1. The zero-order valence-electron chi connectivity index (χ0n) is 12.7. The normalized spacial score (nSPS) is 21.1. The molecule has 1 saturated carbocycles. The van der Waals surface area contributed by atoms with Crippen molar-refractivity contribution in [1.82, 2.24) is 15.1 Å². The van der Waals surface area contributed by atoms with Crippen LogP contribution in [0.4, 0.5) is 0 Å². The van der Waals surface area contributed by atoms with E-state index >= 15 is 0 Å². The highest BCUT2D eigenvalue weighted by Gasteiger charge is 2.28. The quantitative estimate of drug-likeness (QED) is 0.791. The molecular weight excluding hydrogens is 270 g/mol. The van der Waals surface area contributed by atoms with Gasteiger partial charge in [0.15, 0.2) is 5.11 Å². The number of hydrogen-bond acceptors (Lipinski definition) is 2. The second kappa shape index (κ2) is 7.25. The second-order valence-corrected chi connectivity index (χ2v) is 6.64. The Morgan fingerprint density at radius 1 is 1.05 bits per heavy atom. The van der Waals surface area contributed by atoms with Gasteiger partial charge in [-0.25, -0.2) is 0 Å². The summed E-state index contributed by atoms with van der Waals surface area (Å²) in [5.41, 5.74) is 0. The van der Waals surface area contributed by atoms with Gasteiger partial charge >= 0.3 is 0 Å². The van der Waals surface area contributed by atoms with E-state index in [1.807, 2.05) is 4.90 Å². The fraction of sp³-hybridized carbons (Fsp3) is 0.867. The zero-order valence-corrected chi connectivity index (χ0v) is 13.5. The van der Waals surface area contributed by atoms with Crippen LogP contribution in [-0.2, 0) is 4.79 Å². The molecule has 1 heterocycles. The molecule has 0 aromatic heterocycles. The van der Waals surface area contributed by atoms with Crippen molar-refractivity contribution in [1.29, 1.82) is 0 Å². The summed E-state index contributed by atoms with van der Waals surface area (Å²) in [7, 11) is 0. The minimum atomic E-state index is 0.288. The molecule has 0 aromatic carbocycles. The van der Waals surface area contributed by atoms with Crippen LogP contribution in [0.25, 0.3) is 0 Å². The van der Waals surface area contributed by atoms with E-state index in [4.69, 9.17) is 12.2 Å². The topological polar surface area (TPSA) is 35.6 Å². The van der Waals surface area contributed by atoms with Gasteiger partial charge in [0.25, 0.3) is 0 Å². The van der Waals surface area contributed by atoms with Gasteiger partial charge in [0.1, 0.15) is 0 Å². The molecule has 2 rings (SSSR count). The van der Waals surface area contributed by atoms with Crippen LogP contribution in [0.1, 0.15) is 46.0 Å². The van der Waals surface area contributed by atoms with Gasteiger partial charge in [-0.15, -0.1) is 0 Å². The van der Waals surface area contributed by atoms with E-state index in [0.717, 1.165) is 44.1 Å². The molecule has 0 spiro atoms. The Morgan fingerprint density at radius 3 is 2.15 bits per heavy atom. The van der Waals surface area contributed by atoms with Crippen molar-refractivity contribution in [3.63, 3.8) is 0 Å². The molecule has 1 aliphatic heterocycles. The fourth-order valence-electron chi connectivity index (χ4n) is 3.08. The Labute approximate surface area is 127 Å². The maximum Gasteiger partial charge on any atom is 0.225 e. The van der Waals surface area contributed by atoms with Crippen molar-refractivity contribution in [2.45, 2.75) is 52.0 Å². The summed E-state index contributed by atoms with van der Waals surface area (Å²) in [5.74, 6) is 0.670. The van der Waals surface area contributed by atoms with E-state index < -0.39 is 0 Å². The largest absolute Gasteiger partial charge is 0.360 e. The molecule has 0 unspecified atom stereocenters. The van der Waals surface area contributed by atoms with E-state index in [1.54, 1.807) is 0 Å². The van der Waals surface area contributed by atoms with Crippen LogP contribution in [0.5, 0.6) is 0 Å². The summed E-state index contributed by atoms with van der Waals surface area (Å²) in [4.78, 5) is 16.7. The van der Waals surface area contributed by atoms with Crippen molar-refractivity contribution in [3.05, 3.63) is 0 Å². The third kappa shape index (κ3) is 4.08. The molecule has 0 radical (unpaired) electrons. The van der Waals surface area contributed by atoms with Crippen LogP contribution >= 0.6 is 12.2 Å². The fourth-order valence-corrected chi connectivity index (χ4v) is 3.49. The second-order valence-electron chi connectivity index (χ2n) is 6.25. The highest BCUT2D eigenvalue weighted by atomic mass is 32.1. The summed E-state index contributed by atoms with van der Waals surface area (Å²) >= 11 is 5.39. The van der Waals surface area contributed by atoms with Gasteiger partial charge in [0.2, 0.25) is 5.91 Å². The van der Waals surface area contributed by atoms with E-state index in [1.165, 1.54) is 19.3 Å². The van der Waals surface area contributed by atoms with Crippen LogP contribution in [-0.4, -0.2) is 53.0 Å². The average Bonchev–Trinajstić information content (AvgIpc) is 2.47. The number of hydrogen-bond donors (Lipinski definition) is 1. The molecule has 114 valence electrons. The average molecular weight is 297 g/mol. The van der Waals surface area contributed by atoms with Gasteiger partial charge in [-0.3, -0.25) is 4.79 Å². The van der Waals surface area contributed by atoms with E-state index in [9.17, 15) is 4.79 Å². The van der Waals surface area contributed by atoms with Crippen LogP contribution in [0.3, 0.4) is 0 Å². The molecule has 4 nitrogen and oxygen atoms in total. The third-order valence-electron chi connectivity index (χ3n) is 4.25. The van der Waals surface area contributed by atoms with Crippen LogP contribution in [0, 0.1) is 5.92 Å². The first-order valence-electron chi connectivity index (χ1n) is 7.92.